The van der Waals surface area contributed by atoms with Crippen molar-refractivity contribution < 1.29 is 0 Å². The lowest BCUT2D eigenvalue weighted by Crippen LogP contribution is -2.15. The third-order valence-electron chi connectivity index (χ3n) is 2.75. The van der Waals surface area contributed by atoms with Gasteiger partial charge in [-0.1, -0.05) is 6.92 Å². The Morgan fingerprint density at radius 2 is 2.37 bits per heavy atom. The number of hydrazone groups is 1. The molecule has 0 fully saturated rings. The Labute approximate surface area is 128 Å². The third-order valence-corrected chi connectivity index (χ3v) is 5.47. The first-order valence-corrected chi connectivity index (χ1v) is 8.45. The van der Waals surface area contributed by atoms with Gasteiger partial charge in [-0.15, -0.1) is 23.1 Å². The second-order valence-electron chi connectivity index (χ2n) is 4.32. The van der Waals surface area contributed by atoms with Crippen LogP contribution in [0.1, 0.15) is 18.9 Å². The van der Waals surface area contributed by atoms with Crippen molar-refractivity contribution in [1.29, 1.82) is 0 Å². The van der Waals surface area contributed by atoms with Gasteiger partial charge in [0.2, 0.25) is 0 Å². The summed E-state index contributed by atoms with van der Waals surface area (Å²) in [6, 6.07) is 4.12. The number of nitrogens with zero attached hydrogens (tertiary/aromatic N) is 2. The Morgan fingerprint density at radius 3 is 3.21 bits per heavy atom. The SMILES string of the molecule is C[C@H]1C/C(=N\Nc2cncc(Br)c2)c2ccsc2S1. The maximum Gasteiger partial charge on any atom is 0.0756 e. The van der Waals surface area contributed by atoms with E-state index in [-0.39, 0.29) is 0 Å². The zero-order valence-corrected chi connectivity index (χ0v) is 13.5. The van der Waals surface area contributed by atoms with Crippen molar-refractivity contribution in [3.63, 3.8) is 0 Å². The van der Waals surface area contributed by atoms with E-state index in [1.807, 2.05) is 17.8 Å². The van der Waals surface area contributed by atoms with Crippen molar-refractivity contribution in [1.82, 2.24) is 4.98 Å². The Kier molecular flexibility index (Phi) is 3.91. The fourth-order valence-electron chi connectivity index (χ4n) is 1.92. The van der Waals surface area contributed by atoms with E-state index >= 15 is 0 Å². The van der Waals surface area contributed by atoms with Crippen molar-refractivity contribution in [2.45, 2.75) is 22.8 Å². The van der Waals surface area contributed by atoms with E-state index in [1.165, 1.54) is 9.77 Å². The number of thioether (sulfide) groups is 1. The van der Waals surface area contributed by atoms with Crippen LogP contribution < -0.4 is 5.43 Å². The third kappa shape index (κ3) is 3.01. The summed E-state index contributed by atoms with van der Waals surface area (Å²) >= 11 is 7.13. The highest BCUT2D eigenvalue weighted by Crippen LogP contribution is 2.39. The summed E-state index contributed by atoms with van der Waals surface area (Å²) in [7, 11) is 0. The number of rotatable bonds is 2. The molecule has 0 spiro atoms. The highest BCUT2D eigenvalue weighted by atomic mass is 79.9. The molecular weight excluding hydrogens is 342 g/mol. The van der Waals surface area contributed by atoms with Gasteiger partial charge in [-0.05, 0) is 33.4 Å². The molecule has 1 N–H and O–H groups in total. The standard InChI is InChI=1S/C13H12BrN3S2/c1-8-4-12(11-2-3-18-13(11)19-8)17-16-10-5-9(14)6-15-7-10/h2-3,5-8,16H,4H2,1H3/b17-12+/t8-/m0/s1. The summed E-state index contributed by atoms with van der Waals surface area (Å²) in [6.07, 6.45) is 4.52. The van der Waals surface area contributed by atoms with E-state index in [4.69, 9.17) is 0 Å². The van der Waals surface area contributed by atoms with Crippen LogP contribution in [0.2, 0.25) is 0 Å². The van der Waals surface area contributed by atoms with Crippen molar-refractivity contribution >= 4 is 50.4 Å². The van der Waals surface area contributed by atoms with Gasteiger partial charge in [0.05, 0.1) is 21.8 Å². The topological polar surface area (TPSA) is 37.3 Å². The predicted molar refractivity (Wildman–Crippen MR) is 86.4 cm³/mol. The first kappa shape index (κ1) is 13.1. The molecule has 2 aromatic heterocycles. The number of pyridine rings is 1. The summed E-state index contributed by atoms with van der Waals surface area (Å²) < 4.78 is 2.31. The van der Waals surface area contributed by atoms with Crippen LogP contribution in [0.25, 0.3) is 0 Å². The summed E-state index contributed by atoms with van der Waals surface area (Å²) in [5.74, 6) is 0. The largest absolute Gasteiger partial charge is 0.277 e. The molecule has 0 unspecified atom stereocenters. The molecule has 0 radical (unpaired) electrons. The lowest BCUT2D eigenvalue weighted by molar-refractivity contribution is 0.996. The lowest BCUT2D eigenvalue weighted by Gasteiger charge is -2.19. The molecule has 3 heterocycles. The highest BCUT2D eigenvalue weighted by Gasteiger charge is 2.22. The summed E-state index contributed by atoms with van der Waals surface area (Å²) in [5.41, 5.74) is 6.38. The van der Waals surface area contributed by atoms with E-state index in [9.17, 15) is 0 Å². The number of thiophene rings is 1. The van der Waals surface area contributed by atoms with Gasteiger partial charge in [-0.2, -0.15) is 5.10 Å². The molecule has 6 heteroatoms. The summed E-state index contributed by atoms with van der Waals surface area (Å²) in [6.45, 7) is 2.24. The van der Waals surface area contributed by atoms with Gasteiger partial charge in [0.1, 0.15) is 0 Å². The summed E-state index contributed by atoms with van der Waals surface area (Å²) in [4.78, 5) is 4.12. The fourth-order valence-corrected chi connectivity index (χ4v) is 4.72. The number of halogens is 1. The normalized spacial score (nSPS) is 20.3. The van der Waals surface area contributed by atoms with Gasteiger partial charge < -0.3 is 0 Å². The Morgan fingerprint density at radius 1 is 1.47 bits per heavy atom. The number of hydrogen-bond donors (Lipinski definition) is 1. The molecule has 1 aliphatic heterocycles. The van der Waals surface area contributed by atoms with Crippen LogP contribution in [0.3, 0.4) is 0 Å². The molecule has 1 aliphatic rings. The Hall–Kier alpha value is -0.850. The summed E-state index contributed by atoms with van der Waals surface area (Å²) in [5, 5.41) is 7.26. The van der Waals surface area contributed by atoms with Gasteiger partial charge >= 0.3 is 0 Å². The average molecular weight is 354 g/mol. The second kappa shape index (κ2) is 5.64. The minimum atomic E-state index is 0.576. The molecule has 3 rings (SSSR count). The first-order valence-electron chi connectivity index (χ1n) is 5.90. The molecule has 98 valence electrons. The molecule has 0 saturated heterocycles. The molecule has 3 nitrogen and oxygen atoms in total. The molecule has 2 aromatic rings. The molecular formula is C13H12BrN3S2. The molecule has 0 aliphatic carbocycles. The van der Waals surface area contributed by atoms with Crippen LogP contribution in [-0.2, 0) is 0 Å². The maximum atomic E-state index is 4.56. The fraction of sp³-hybridized carbons (Fsp3) is 0.231. The van der Waals surface area contributed by atoms with Crippen LogP contribution >= 0.6 is 39.0 Å². The van der Waals surface area contributed by atoms with Gasteiger partial charge in [-0.25, -0.2) is 0 Å². The molecule has 0 bridgehead atoms. The molecule has 19 heavy (non-hydrogen) atoms. The van der Waals surface area contributed by atoms with Gasteiger partial charge in [-0.3, -0.25) is 10.4 Å². The van der Waals surface area contributed by atoms with Crippen molar-refractivity contribution in [2.24, 2.45) is 5.10 Å². The zero-order chi connectivity index (χ0) is 13.2. The monoisotopic (exact) mass is 353 g/mol. The van der Waals surface area contributed by atoms with Crippen LogP contribution in [0, 0.1) is 0 Å². The number of nitrogens with one attached hydrogen (secondary N) is 1. The quantitative estimate of drug-likeness (QED) is 0.801. The predicted octanol–water partition coefficient (Wildman–Crippen LogP) is 4.61. The van der Waals surface area contributed by atoms with Crippen molar-refractivity contribution in [3.05, 3.63) is 39.9 Å². The van der Waals surface area contributed by atoms with Crippen LogP contribution in [-0.4, -0.2) is 15.9 Å². The molecule has 0 amide bonds. The number of aromatic nitrogens is 1. The Balaban J connectivity index is 1.85. The van der Waals surface area contributed by atoms with E-state index in [0.29, 0.717) is 5.25 Å². The molecule has 0 saturated carbocycles. The van der Waals surface area contributed by atoms with E-state index in [1.54, 1.807) is 23.7 Å². The average Bonchev–Trinajstić information content (AvgIpc) is 2.84. The Bertz CT molecular complexity index is 624. The minimum Gasteiger partial charge on any atom is -0.277 e. The number of fused-ring (bicyclic) bond motifs is 1. The second-order valence-corrected chi connectivity index (χ2v) is 7.86. The van der Waals surface area contributed by atoms with E-state index in [0.717, 1.165) is 22.3 Å². The van der Waals surface area contributed by atoms with E-state index in [2.05, 4.69) is 49.8 Å². The van der Waals surface area contributed by atoms with Crippen LogP contribution in [0.5, 0.6) is 0 Å². The number of hydrogen-bond acceptors (Lipinski definition) is 5. The molecule has 0 aromatic carbocycles. The lowest BCUT2D eigenvalue weighted by atomic mass is 10.1. The van der Waals surface area contributed by atoms with Crippen LogP contribution in [0.15, 0.2) is 43.7 Å². The van der Waals surface area contributed by atoms with Gasteiger partial charge in [0.15, 0.2) is 0 Å². The zero-order valence-electron chi connectivity index (χ0n) is 10.3. The highest BCUT2D eigenvalue weighted by molar-refractivity contribution is 9.10. The maximum absolute atomic E-state index is 4.56. The van der Waals surface area contributed by atoms with Crippen molar-refractivity contribution in [3.8, 4) is 0 Å². The van der Waals surface area contributed by atoms with Crippen molar-refractivity contribution in [2.75, 3.05) is 5.43 Å². The smallest absolute Gasteiger partial charge is 0.0756 e. The number of anilines is 1. The first-order chi connectivity index (χ1) is 9.22. The van der Waals surface area contributed by atoms with Crippen LogP contribution in [0.4, 0.5) is 5.69 Å². The molecule has 1 atom stereocenters. The van der Waals surface area contributed by atoms with Gasteiger partial charge in [0, 0.05) is 27.9 Å². The minimum absolute atomic E-state index is 0.576. The van der Waals surface area contributed by atoms with E-state index < -0.39 is 0 Å². The van der Waals surface area contributed by atoms with Gasteiger partial charge in [0.25, 0.3) is 0 Å².